The zero-order valence-corrected chi connectivity index (χ0v) is 21.6. The fraction of sp³-hybridized carbons (Fsp3) is 0.652. The fourth-order valence-corrected chi connectivity index (χ4v) is 4.83. The molecular weight excluding hydrogens is 530 g/mol. The van der Waals surface area contributed by atoms with E-state index in [0.29, 0.717) is 17.3 Å². The second-order valence-electron chi connectivity index (χ2n) is 10.0. The summed E-state index contributed by atoms with van der Waals surface area (Å²) < 4.78 is 32.9. The largest absolute Gasteiger partial charge is 0.444 e. The van der Waals surface area contributed by atoms with Crippen LogP contribution in [0.1, 0.15) is 69.7 Å². The molecule has 3 rings (SSSR count). The standard InChI is InChI=1S/C23H31BrF2N4O5/c1-22(2,3)35-21(32)28-17-7-5-4-6-16(17)27-19-15(12-14(24)13-18(19)30(33)34)20(31)29-10-8-23(25,26)9-11-29/h12-13,16-17,27H,4-11H2,1-3H3,(H,28,32)/t16-,17+/m1/s1. The lowest BCUT2D eigenvalue weighted by Crippen LogP contribution is -2.50. The van der Waals surface area contributed by atoms with Gasteiger partial charge in [0.2, 0.25) is 0 Å². The van der Waals surface area contributed by atoms with Crippen LogP contribution in [-0.2, 0) is 4.74 Å². The molecule has 35 heavy (non-hydrogen) atoms. The number of hydrogen-bond acceptors (Lipinski definition) is 6. The van der Waals surface area contributed by atoms with Gasteiger partial charge in [-0.3, -0.25) is 14.9 Å². The van der Waals surface area contributed by atoms with Crippen LogP contribution in [0.5, 0.6) is 0 Å². The van der Waals surface area contributed by atoms with Gasteiger partial charge in [0.05, 0.1) is 16.5 Å². The van der Waals surface area contributed by atoms with Gasteiger partial charge in [0.1, 0.15) is 11.3 Å². The summed E-state index contributed by atoms with van der Waals surface area (Å²) in [6.07, 6.45) is 1.42. The van der Waals surface area contributed by atoms with Gasteiger partial charge in [-0.05, 0) is 39.7 Å². The highest BCUT2D eigenvalue weighted by Crippen LogP contribution is 2.37. The topological polar surface area (TPSA) is 114 Å². The molecule has 2 N–H and O–H groups in total. The highest BCUT2D eigenvalue weighted by Gasteiger charge is 2.38. The number of nitrogens with zero attached hydrogens (tertiary/aromatic N) is 2. The lowest BCUT2D eigenvalue weighted by Gasteiger charge is -2.35. The Balaban J connectivity index is 1.90. The first-order valence-electron chi connectivity index (χ1n) is 11.7. The number of rotatable bonds is 5. The van der Waals surface area contributed by atoms with Gasteiger partial charge >= 0.3 is 6.09 Å². The van der Waals surface area contributed by atoms with Crippen LogP contribution < -0.4 is 10.6 Å². The number of nitro groups is 1. The summed E-state index contributed by atoms with van der Waals surface area (Å²) in [5.74, 6) is -3.39. The lowest BCUT2D eigenvalue weighted by molar-refractivity contribution is -0.384. The Morgan fingerprint density at radius 1 is 1.17 bits per heavy atom. The molecule has 1 heterocycles. The Morgan fingerprint density at radius 3 is 2.34 bits per heavy atom. The first-order valence-corrected chi connectivity index (χ1v) is 12.5. The maximum Gasteiger partial charge on any atom is 0.407 e. The van der Waals surface area contributed by atoms with Gasteiger partial charge in [-0.1, -0.05) is 28.8 Å². The Labute approximate surface area is 211 Å². The molecule has 194 valence electrons. The predicted molar refractivity (Wildman–Crippen MR) is 130 cm³/mol. The highest BCUT2D eigenvalue weighted by molar-refractivity contribution is 9.10. The van der Waals surface area contributed by atoms with Crippen molar-refractivity contribution >= 4 is 39.3 Å². The van der Waals surface area contributed by atoms with Crippen LogP contribution >= 0.6 is 15.9 Å². The van der Waals surface area contributed by atoms with E-state index in [1.54, 1.807) is 20.8 Å². The molecule has 12 heteroatoms. The van der Waals surface area contributed by atoms with Crippen molar-refractivity contribution in [2.24, 2.45) is 0 Å². The molecule has 0 radical (unpaired) electrons. The van der Waals surface area contributed by atoms with Gasteiger partial charge in [-0.25, -0.2) is 13.6 Å². The quantitative estimate of drug-likeness (QED) is 0.364. The van der Waals surface area contributed by atoms with E-state index in [1.165, 1.54) is 17.0 Å². The van der Waals surface area contributed by atoms with Crippen LogP contribution in [0, 0.1) is 10.1 Å². The molecule has 2 atom stereocenters. The van der Waals surface area contributed by atoms with Crippen LogP contribution in [0.25, 0.3) is 0 Å². The number of alkyl carbamates (subject to hydrolysis) is 1. The monoisotopic (exact) mass is 560 g/mol. The minimum atomic E-state index is -2.83. The minimum Gasteiger partial charge on any atom is -0.444 e. The number of ether oxygens (including phenoxy) is 1. The number of likely N-dealkylation sites (tertiary alicyclic amines) is 1. The summed E-state index contributed by atoms with van der Waals surface area (Å²) in [4.78, 5) is 38.3. The van der Waals surface area contributed by atoms with Crippen LogP contribution in [0.2, 0.25) is 0 Å². The number of nitro benzene ring substituents is 1. The molecule has 9 nitrogen and oxygen atoms in total. The Hall–Kier alpha value is -2.50. The van der Waals surface area contributed by atoms with E-state index in [1.807, 2.05) is 0 Å². The number of amides is 2. The van der Waals surface area contributed by atoms with Crippen LogP contribution in [0.4, 0.5) is 25.0 Å². The number of nitrogens with one attached hydrogen (secondary N) is 2. The summed E-state index contributed by atoms with van der Waals surface area (Å²) in [7, 11) is 0. The van der Waals surface area contributed by atoms with Gasteiger partial charge in [0.15, 0.2) is 0 Å². The molecule has 0 aromatic heterocycles. The average Bonchev–Trinajstić information content (AvgIpc) is 2.74. The van der Waals surface area contributed by atoms with Crippen molar-refractivity contribution in [3.8, 4) is 0 Å². The smallest absolute Gasteiger partial charge is 0.407 e. The van der Waals surface area contributed by atoms with E-state index in [0.717, 1.165) is 12.8 Å². The van der Waals surface area contributed by atoms with Gasteiger partial charge in [-0.15, -0.1) is 0 Å². The molecule has 1 aromatic rings. The molecule has 1 aliphatic heterocycles. The van der Waals surface area contributed by atoms with Crippen molar-refractivity contribution in [3.05, 3.63) is 32.3 Å². The molecule has 1 saturated heterocycles. The Morgan fingerprint density at radius 2 is 1.77 bits per heavy atom. The van der Waals surface area contributed by atoms with Crippen molar-refractivity contribution < 1.29 is 28.0 Å². The second-order valence-corrected chi connectivity index (χ2v) is 11.0. The number of anilines is 1. The van der Waals surface area contributed by atoms with Crippen molar-refractivity contribution in [2.45, 2.75) is 82.9 Å². The van der Waals surface area contributed by atoms with Crippen molar-refractivity contribution in [2.75, 3.05) is 18.4 Å². The first-order chi connectivity index (χ1) is 16.3. The first kappa shape index (κ1) is 27.1. The number of benzene rings is 1. The van der Waals surface area contributed by atoms with E-state index in [4.69, 9.17) is 4.74 Å². The van der Waals surface area contributed by atoms with Crippen LogP contribution in [0.3, 0.4) is 0 Å². The molecule has 0 spiro atoms. The minimum absolute atomic E-state index is 0.0171. The molecule has 2 amide bonds. The third kappa shape index (κ3) is 7.25. The van der Waals surface area contributed by atoms with Gasteiger partial charge in [0, 0.05) is 42.5 Å². The summed E-state index contributed by atoms with van der Waals surface area (Å²) in [5.41, 5.74) is -0.954. The maximum atomic E-state index is 13.6. The normalized spacial score (nSPS) is 22.3. The van der Waals surface area contributed by atoms with E-state index < -0.39 is 47.3 Å². The van der Waals surface area contributed by atoms with Gasteiger partial charge in [0.25, 0.3) is 17.5 Å². The number of piperidine rings is 1. The summed E-state index contributed by atoms with van der Waals surface area (Å²) in [6, 6.07) is 1.98. The molecule has 2 aliphatic rings. The molecular formula is C23H31BrF2N4O5. The molecule has 0 bridgehead atoms. The number of halogens is 3. The molecule has 1 saturated carbocycles. The van der Waals surface area contributed by atoms with E-state index >= 15 is 0 Å². The van der Waals surface area contributed by atoms with Gasteiger partial charge < -0.3 is 20.3 Å². The molecule has 1 aromatic carbocycles. The average molecular weight is 561 g/mol. The fourth-order valence-electron chi connectivity index (χ4n) is 4.38. The number of alkyl halides is 2. The molecule has 2 fully saturated rings. The van der Waals surface area contributed by atoms with E-state index in [2.05, 4.69) is 26.6 Å². The number of carbonyl (C=O) groups excluding carboxylic acids is 2. The van der Waals surface area contributed by atoms with Crippen LogP contribution in [-0.4, -0.2) is 58.5 Å². The number of carbonyl (C=O) groups is 2. The zero-order valence-electron chi connectivity index (χ0n) is 20.0. The third-order valence-electron chi connectivity index (χ3n) is 6.09. The summed E-state index contributed by atoms with van der Waals surface area (Å²) >= 11 is 3.23. The van der Waals surface area contributed by atoms with E-state index in [9.17, 15) is 28.5 Å². The SMILES string of the molecule is CC(C)(C)OC(=O)N[C@H]1CCCC[C@H]1Nc1c(C(=O)N2CCC(F)(F)CC2)cc(Br)cc1[N+](=O)[O-]. The third-order valence-corrected chi connectivity index (χ3v) is 6.55. The summed E-state index contributed by atoms with van der Waals surface area (Å²) in [5, 5.41) is 17.9. The Bertz CT molecular complexity index is 975. The van der Waals surface area contributed by atoms with Crippen molar-refractivity contribution in [3.63, 3.8) is 0 Å². The lowest BCUT2D eigenvalue weighted by atomic mass is 9.89. The predicted octanol–water partition coefficient (Wildman–Crippen LogP) is 5.48. The Kier molecular flexibility index (Phi) is 8.23. The van der Waals surface area contributed by atoms with Crippen molar-refractivity contribution in [1.29, 1.82) is 0 Å². The molecule has 0 unspecified atom stereocenters. The summed E-state index contributed by atoms with van der Waals surface area (Å²) in [6.45, 7) is 4.98. The van der Waals surface area contributed by atoms with Gasteiger partial charge in [-0.2, -0.15) is 0 Å². The maximum absolute atomic E-state index is 13.6. The highest BCUT2D eigenvalue weighted by atomic mass is 79.9. The zero-order chi connectivity index (χ0) is 26.0. The van der Waals surface area contributed by atoms with Crippen LogP contribution in [0.15, 0.2) is 16.6 Å². The number of hydrogen-bond donors (Lipinski definition) is 2. The van der Waals surface area contributed by atoms with Crippen molar-refractivity contribution in [1.82, 2.24) is 10.2 Å². The second kappa shape index (κ2) is 10.6. The van der Waals surface area contributed by atoms with E-state index in [-0.39, 0.29) is 36.1 Å². The molecule has 1 aliphatic carbocycles.